The first-order chi connectivity index (χ1) is 12.5. The molecule has 1 heterocycles. The predicted molar refractivity (Wildman–Crippen MR) is 103 cm³/mol. The first kappa shape index (κ1) is 18.1. The van der Waals surface area contributed by atoms with E-state index in [1.54, 1.807) is 12.0 Å². The van der Waals surface area contributed by atoms with E-state index in [1.807, 2.05) is 50.2 Å². The van der Waals surface area contributed by atoms with Crippen molar-refractivity contribution in [2.45, 2.75) is 26.7 Å². The summed E-state index contributed by atoms with van der Waals surface area (Å²) in [5.41, 5.74) is 5.48. The van der Waals surface area contributed by atoms with E-state index in [-0.39, 0.29) is 11.8 Å². The number of nitrogens with zero attached hydrogens (tertiary/aromatic N) is 1. The molecule has 0 radical (unpaired) electrons. The number of amides is 2. The van der Waals surface area contributed by atoms with Gasteiger partial charge in [0.1, 0.15) is 0 Å². The van der Waals surface area contributed by atoms with Gasteiger partial charge in [0.15, 0.2) is 0 Å². The van der Waals surface area contributed by atoms with Crippen molar-refractivity contribution in [3.63, 3.8) is 0 Å². The number of methoxy groups -OCH3 is 1. The first-order valence-corrected chi connectivity index (χ1v) is 8.80. The van der Waals surface area contributed by atoms with Crippen LogP contribution in [0.2, 0.25) is 0 Å². The van der Waals surface area contributed by atoms with Crippen LogP contribution in [-0.2, 0) is 16.0 Å². The Morgan fingerprint density at radius 1 is 1.15 bits per heavy atom. The van der Waals surface area contributed by atoms with Crippen molar-refractivity contribution in [3.8, 4) is 0 Å². The van der Waals surface area contributed by atoms with Crippen LogP contribution in [-0.4, -0.2) is 32.1 Å². The van der Waals surface area contributed by atoms with Crippen LogP contribution in [0.4, 0.5) is 11.4 Å². The molecule has 0 fully saturated rings. The van der Waals surface area contributed by atoms with Crippen molar-refractivity contribution < 1.29 is 14.3 Å². The highest BCUT2D eigenvalue weighted by Gasteiger charge is 2.24. The van der Waals surface area contributed by atoms with E-state index in [0.29, 0.717) is 31.6 Å². The fraction of sp³-hybridized carbons (Fsp3) is 0.333. The quantitative estimate of drug-likeness (QED) is 0.896. The zero-order chi connectivity index (χ0) is 18.7. The standard InChI is InChI=1S/C21H24N2O3/c1-14-4-7-18(15(2)12-14)21(25)22-17-6-8-19-16(13-17)5-9-20(24)23(19)10-11-26-3/h4,6-8,12-13H,5,9-11H2,1-3H3,(H,22,25). The first-order valence-electron chi connectivity index (χ1n) is 8.80. The number of rotatable bonds is 5. The topological polar surface area (TPSA) is 58.6 Å². The average molecular weight is 352 g/mol. The summed E-state index contributed by atoms with van der Waals surface area (Å²) in [6.07, 6.45) is 1.16. The SMILES string of the molecule is COCCN1C(=O)CCc2cc(NC(=O)c3ccc(C)cc3C)ccc21. The van der Waals surface area contributed by atoms with E-state index in [4.69, 9.17) is 4.74 Å². The predicted octanol–water partition coefficient (Wildman–Crippen LogP) is 3.48. The van der Waals surface area contributed by atoms with Crippen molar-refractivity contribution in [1.82, 2.24) is 0 Å². The number of carbonyl (C=O) groups is 2. The Labute approximate surface area is 154 Å². The Morgan fingerprint density at radius 2 is 1.96 bits per heavy atom. The van der Waals surface area contributed by atoms with Gasteiger partial charge in [-0.2, -0.15) is 0 Å². The van der Waals surface area contributed by atoms with Crippen LogP contribution < -0.4 is 10.2 Å². The van der Waals surface area contributed by atoms with Gasteiger partial charge in [0.25, 0.3) is 5.91 Å². The summed E-state index contributed by atoms with van der Waals surface area (Å²) in [7, 11) is 1.63. The van der Waals surface area contributed by atoms with Crippen LogP contribution >= 0.6 is 0 Å². The minimum atomic E-state index is -0.120. The third-order valence-electron chi connectivity index (χ3n) is 4.68. The van der Waals surface area contributed by atoms with E-state index < -0.39 is 0 Å². The molecule has 0 aromatic heterocycles. The maximum atomic E-state index is 12.6. The largest absolute Gasteiger partial charge is 0.383 e. The molecule has 0 bridgehead atoms. The lowest BCUT2D eigenvalue weighted by Gasteiger charge is -2.29. The normalized spacial score (nSPS) is 13.5. The Balaban J connectivity index is 1.80. The molecule has 0 aliphatic carbocycles. The molecule has 2 aromatic rings. The lowest BCUT2D eigenvalue weighted by Crippen LogP contribution is -2.37. The molecule has 5 nitrogen and oxygen atoms in total. The Morgan fingerprint density at radius 3 is 2.69 bits per heavy atom. The minimum Gasteiger partial charge on any atom is -0.383 e. The average Bonchev–Trinajstić information content (AvgIpc) is 2.61. The lowest BCUT2D eigenvalue weighted by atomic mass is 10.00. The molecule has 1 N–H and O–H groups in total. The summed E-state index contributed by atoms with van der Waals surface area (Å²) >= 11 is 0. The summed E-state index contributed by atoms with van der Waals surface area (Å²) in [4.78, 5) is 26.5. The van der Waals surface area contributed by atoms with Gasteiger partial charge in [0, 0.05) is 37.0 Å². The Hall–Kier alpha value is -2.66. The molecule has 5 heteroatoms. The van der Waals surface area contributed by atoms with Gasteiger partial charge in [-0.05, 0) is 55.7 Å². The third-order valence-corrected chi connectivity index (χ3v) is 4.68. The van der Waals surface area contributed by atoms with Gasteiger partial charge in [-0.1, -0.05) is 17.7 Å². The molecule has 0 unspecified atom stereocenters. The number of nitrogens with one attached hydrogen (secondary N) is 1. The van der Waals surface area contributed by atoms with Gasteiger partial charge in [0.2, 0.25) is 5.91 Å². The van der Waals surface area contributed by atoms with Gasteiger partial charge in [-0.25, -0.2) is 0 Å². The second-order valence-electron chi connectivity index (χ2n) is 6.65. The second kappa shape index (κ2) is 7.70. The van der Waals surface area contributed by atoms with E-state index in [0.717, 1.165) is 28.1 Å². The Bertz CT molecular complexity index is 845. The van der Waals surface area contributed by atoms with Crippen LogP contribution in [0.1, 0.15) is 33.5 Å². The molecule has 0 atom stereocenters. The second-order valence-corrected chi connectivity index (χ2v) is 6.65. The van der Waals surface area contributed by atoms with Gasteiger partial charge >= 0.3 is 0 Å². The van der Waals surface area contributed by atoms with Crippen molar-refractivity contribution in [1.29, 1.82) is 0 Å². The van der Waals surface area contributed by atoms with Crippen molar-refractivity contribution in [3.05, 3.63) is 58.7 Å². The summed E-state index contributed by atoms with van der Waals surface area (Å²) in [5, 5.41) is 2.97. The molecular weight excluding hydrogens is 328 g/mol. The van der Waals surface area contributed by atoms with E-state index in [2.05, 4.69) is 5.32 Å². The van der Waals surface area contributed by atoms with Crippen LogP contribution in [0.5, 0.6) is 0 Å². The molecule has 0 spiro atoms. The molecule has 3 rings (SSSR count). The molecule has 1 aliphatic rings. The number of hydrogen-bond donors (Lipinski definition) is 1. The Kier molecular flexibility index (Phi) is 5.38. The van der Waals surface area contributed by atoms with E-state index in [1.165, 1.54) is 0 Å². The zero-order valence-corrected chi connectivity index (χ0v) is 15.5. The smallest absolute Gasteiger partial charge is 0.255 e. The van der Waals surface area contributed by atoms with Crippen molar-refractivity contribution in [2.75, 3.05) is 30.5 Å². The maximum Gasteiger partial charge on any atom is 0.255 e. The molecule has 26 heavy (non-hydrogen) atoms. The van der Waals surface area contributed by atoms with Crippen molar-refractivity contribution in [2.24, 2.45) is 0 Å². The number of carbonyl (C=O) groups excluding carboxylic acids is 2. The summed E-state index contributed by atoms with van der Waals surface area (Å²) < 4.78 is 5.10. The maximum absolute atomic E-state index is 12.6. The summed E-state index contributed by atoms with van der Waals surface area (Å²) in [6.45, 7) is 4.98. The van der Waals surface area contributed by atoms with Crippen LogP contribution in [0.25, 0.3) is 0 Å². The molecule has 0 saturated heterocycles. The monoisotopic (exact) mass is 352 g/mol. The van der Waals surface area contributed by atoms with Crippen molar-refractivity contribution >= 4 is 23.2 Å². The number of benzene rings is 2. The van der Waals surface area contributed by atoms with Gasteiger partial charge in [-0.3, -0.25) is 9.59 Å². The lowest BCUT2D eigenvalue weighted by molar-refractivity contribution is -0.119. The van der Waals surface area contributed by atoms with Crippen LogP contribution in [0.3, 0.4) is 0 Å². The number of anilines is 2. The summed E-state index contributed by atoms with van der Waals surface area (Å²) in [5.74, 6) is -0.00723. The van der Waals surface area contributed by atoms with Crippen LogP contribution in [0, 0.1) is 13.8 Å². The highest BCUT2D eigenvalue weighted by molar-refractivity contribution is 6.05. The highest BCUT2D eigenvalue weighted by Crippen LogP contribution is 2.30. The molecule has 2 amide bonds. The third kappa shape index (κ3) is 3.78. The van der Waals surface area contributed by atoms with Crippen LogP contribution in [0.15, 0.2) is 36.4 Å². The molecule has 0 saturated carbocycles. The van der Waals surface area contributed by atoms with E-state index in [9.17, 15) is 9.59 Å². The minimum absolute atomic E-state index is 0.113. The fourth-order valence-corrected chi connectivity index (χ4v) is 3.33. The number of fused-ring (bicyclic) bond motifs is 1. The van der Waals surface area contributed by atoms with E-state index >= 15 is 0 Å². The fourth-order valence-electron chi connectivity index (χ4n) is 3.33. The molecule has 2 aromatic carbocycles. The van der Waals surface area contributed by atoms with Gasteiger partial charge in [-0.15, -0.1) is 0 Å². The molecular formula is C21H24N2O3. The zero-order valence-electron chi connectivity index (χ0n) is 15.5. The number of hydrogen-bond acceptors (Lipinski definition) is 3. The highest BCUT2D eigenvalue weighted by atomic mass is 16.5. The van der Waals surface area contributed by atoms with Gasteiger partial charge in [0.05, 0.1) is 6.61 Å². The van der Waals surface area contributed by atoms with Gasteiger partial charge < -0.3 is 15.0 Å². The molecule has 136 valence electrons. The molecule has 1 aliphatic heterocycles. The summed E-state index contributed by atoms with van der Waals surface area (Å²) in [6, 6.07) is 11.5. The number of ether oxygens (including phenoxy) is 1. The number of aryl methyl sites for hydroxylation is 3.